The molecule has 0 radical (unpaired) electrons. The van der Waals surface area contributed by atoms with Crippen LogP contribution in [0.4, 0.5) is 4.79 Å². The molecule has 19 heavy (non-hydrogen) atoms. The average Bonchev–Trinajstić information content (AvgIpc) is 2.85. The fourth-order valence-electron chi connectivity index (χ4n) is 1.66. The molecule has 0 aliphatic rings. The largest absolute Gasteiger partial charge is 0.395 e. The number of hydrogen-bond donors (Lipinski definition) is 3. The molecule has 0 bridgehead atoms. The quantitative estimate of drug-likeness (QED) is 0.724. The summed E-state index contributed by atoms with van der Waals surface area (Å²) in [5.74, 6) is 0. The summed E-state index contributed by atoms with van der Waals surface area (Å²) in [6, 6.07) is 3.89. The van der Waals surface area contributed by atoms with E-state index in [1.54, 1.807) is 23.1 Å². The molecule has 0 fully saturated rings. The van der Waals surface area contributed by atoms with Crippen LogP contribution in [0.15, 0.2) is 12.1 Å². The van der Waals surface area contributed by atoms with Crippen LogP contribution in [0.1, 0.15) is 23.6 Å². The standard InChI is InChI=1S/C13H22N2O2S2/c1-4-10-5-6-11(19-10)7-14-13(17)15-9(2)12(8-16)18-3/h5-6,9,12,16H,4,7-8H2,1-3H3,(H2,14,15,17). The van der Waals surface area contributed by atoms with Gasteiger partial charge >= 0.3 is 6.03 Å². The predicted molar refractivity (Wildman–Crippen MR) is 82.9 cm³/mol. The zero-order chi connectivity index (χ0) is 14.3. The number of hydrogen-bond acceptors (Lipinski definition) is 4. The van der Waals surface area contributed by atoms with E-state index in [9.17, 15) is 4.79 Å². The Bertz CT molecular complexity index is 392. The molecular weight excluding hydrogens is 280 g/mol. The van der Waals surface area contributed by atoms with Crippen molar-refractivity contribution in [3.8, 4) is 0 Å². The number of amides is 2. The van der Waals surface area contributed by atoms with Crippen molar-refractivity contribution >= 4 is 29.1 Å². The van der Waals surface area contributed by atoms with Gasteiger partial charge in [0.25, 0.3) is 0 Å². The normalized spacial score (nSPS) is 13.9. The highest BCUT2D eigenvalue weighted by Crippen LogP contribution is 2.16. The topological polar surface area (TPSA) is 61.4 Å². The number of carbonyl (C=O) groups excluding carboxylic acids is 1. The van der Waals surface area contributed by atoms with E-state index in [0.717, 1.165) is 11.3 Å². The Labute approximate surface area is 123 Å². The maximum absolute atomic E-state index is 11.7. The Balaban J connectivity index is 2.35. The van der Waals surface area contributed by atoms with E-state index in [-0.39, 0.29) is 23.9 Å². The van der Waals surface area contributed by atoms with Crippen LogP contribution < -0.4 is 10.6 Å². The molecule has 0 aliphatic carbocycles. The van der Waals surface area contributed by atoms with Crippen molar-refractivity contribution in [1.82, 2.24) is 10.6 Å². The van der Waals surface area contributed by atoms with Crippen LogP contribution >= 0.6 is 23.1 Å². The molecule has 6 heteroatoms. The Hall–Kier alpha value is -0.720. The van der Waals surface area contributed by atoms with Gasteiger partial charge < -0.3 is 15.7 Å². The molecule has 0 aromatic carbocycles. The highest BCUT2D eigenvalue weighted by Gasteiger charge is 2.17. The Morgan fingerprint density at radius 1 is 1.47 bits per heavy atom. The second kappa shape index (κ2) is 8.45. The molecule has 0 aliphatic heterocycles. The summed E-state index contributed by atoms with van der Waals surface area (Å²) in [7, 11) is 0. The molecule has 2 atom stereocenters. The summed E-state index contributed by atoms with van der Waals surface area (Å²) in [5.41, 5.74) is 0. The van der Waals surface area contributed by atoms with Crippen LogP contribution in [-0.4, -0.2) is 35.3 Å². The van der Waals surface area contributed by atoms with Gasteiger partial charge in [0.2, 0.25) is 0 Å². The Morgan fingerprint density at radius 3 is 2.68 bits per heavy atom. The lowest BCUT2D eigenvalue weighted by Crippen LogP contribution is -2.45. The van der Waals surface area contributed by atoms with Crippen LogP contribution in [0.5, 0.6) is 0 Å². The van der Waals surface area contributed by atoms with E-state index in [1.165, 1.54) is 4.88 Å². The van der Waals surface area contributed by atoms with Gasteiger partial charge in [0.05, 0.1) is 13.2 Å². The van der Waals surface area contributed by atoms with Crippen molar-refractivity contribution in [3.63, 3.8) is 0 Å². The van der Waals surface area contributed by atoms with Gasteiger partial charge in [-0.05, 0) is 31.7 Å². The molecule has 3 N–H and O–H groups in total. The zero-order valence-electron chi connectivity index (χ0n) is 11.6. The van der Waals surface area contributed by atoms with Gasteiger partial charge in [-0.3, -0.25) is 0 Å². The lowest BCUT2D eigenvalue weighted by molar-refractivity contribution is 0.232. The van der Waals surface area contributed by atoms with Crippen LogP contribution in [0.3, 0.4) is 0 Å². The monoisotopic (exact) mass is 302 g/mol. The van der Waals surface area contributed by atoms with E-state index in [4.69, 9.17) is 5.11 Å². The molecule has 108 valence electrons. The smallest absolute Gasteiger partial charge is 0.315 e. The predicted octanol–water partition coefficient (Wildman–Crippen LogP) is 2.22. The minimum atomic E-state index is -0.188. The fraction of sp³-hybridized carbons (Fsp3) is 0.615. The minimum Gasteiger partial charge on any atom is -0.395 e. The van der Waals surface area contributed by atoms with Crippen molar-refractivity contribution in [3.05, 3.63) is 21.9 Å². The first-order valence-electron chi connectivity index (χ1n) is 6.36. The number of thiophene rings is 1. The summed E-state index contributed by atoms with van der Waals surface area (Å²) >= 11 is 3.27. The third-order valence-electron chi connectivity index (χ3n) is 2.89. The van der Waals surface area contributed by atoms with E-state index in [0.29, 0.717) is 6.54 Å². The minimum absolute atomic E-state index is 0.0270. The second-order valence-corrected chi connectivity index (χ2v) is 6.62. The molecule has 0 saturated carbocycles. The first kappa shape index (κ1) is 16.3. The third kappa shape index (κ3) is 5.42. The average molecular weight is 302 g/mol. The fourth-order valence-corrected chi connectivity index (χ4v) is 3.19. The molecule has 4 nitrogen and oxygen atoms in total. The lowest BCUT2D eigenvalue weighted by Gasteiger charge is -2.21. The van der Waals surface area contributed by atoms with Crippen molar-refractivity contribution in [1.29, 1.82) is 0 Å². The highest BCUT2D eigenvalue weighted by molar-refractivity contribution is 7.99. The number of aryl methyl sites for hydroxylation is 1. The first-order valence-corrected chi connectivity index (χ1v) is 8.46. The van der Waals surface area contributed by atoms with Crippen molar-refractivity contribution in [2.45, 2.75) is 38.1 Å². The lowest BCUT2D eigenvalue weighted by atomic mass is 10.2. The van der Waals surface area contributed by atoms with Crippen LogP contribution in [0.25, 0.3) is 0 Å². The highest BCUT2D eigenvalue weighted by atomic mass is 32.2. The number of nitrogens with one attached hydrogen (secondary N) is 2. The van der Waals surface area contributed by atoms with E-state index >= 15 is 0 Å². The van der Waals surface area contributed by atoms with Crippen LogP contribution in [-0.2, 0) is 13.0 Å². The van der Waals surface area contributed by atoms with E-state index in [1.807, 2.05) is 19.2 Å². The molecule has 2 amide bonds. The molecule has 1 rings (SSSR count). The number of aliphatic hydroxyl groups excluding tert-OH is 1. The summed E-state index contributed by atoms with van der Waals surface area (Å²) in [6.45, 7) is 4.63. The SMILES string of the molecule is CCc1ccc(CNC(=O)NC(C)C(CO)SC)s1. The van der Waals surface area contributed by atoms with Gasteiger partial charge in [0.1, 0.15) is 0 Å². The number of thioether (sulfide) groups is 1. The molecule has 1 aromatic heterocycles. The number of rotatable bonds is 7. The summed E-state index contributed by atoms with van der Waals surface area (Å²) < 4.78 is 0. The van der Waals surface area contributed by atoms with Crippen LogP contribution in [0, 0.1) is 0 Å². The van der Waals surface area contributed by atoms with Crippen molar-refractivity contribution < 1.29 is 9.90 Å². The third-order valence-corrected chi connectivity index (χ3v) is 5.28. The van der Waals surface area contributed by atoms with Crippen molar-refractivity contribution in [2.24, 2.45) is 0 Å². The van der Waals surface area contributed by atoms with Gasteiger partial charge in [-0.2, -0.15) is 11.8 Å². The van der Waals surface area contributed by atoms with Gasteiger partial charge in [0, 0.05) is 21.0 Å². The van der Waals surface area contributed by atoms with Gasteiger partial charge in [0.15, 0.2) is 0 Å². The van der Waals surface area contributed by atoms with Gasteiger partial charge in [-0.25, -0.2) is 4.79 Å². The molecule has 0 saturated heterocycles. The first-order chi connectivity index (χ1) is 9.10. The summed E-state index contributed by atoms with van der Waals surface area (Å²) in [6.07, 6.45) is 2.95. The van der Waals surface area contributed by atoms with Gasteiger partial charge in [-0.15, -0.1) is 11.3 Å². The van der Waals surface area contributed by atoms with Gasteiger partial charge in [-0.1, -0.05) is 6.92 Å². The molecule has 1 aromatic rings. The second-order valence-electron chi connectivity index (χ2n) is 4.29. The molecular formula is C13H22N2O2S2. The maximum atomic E-state index is 11.7. The Kier molecular flexibility index (Phi) is 7.27. The molecule has 0 spiro atoms. The Morgan fingerprint density at radius 2 is 2.16 bits per heavy atom. The molecule has 2 unspecified atom stereocenters. The summed E-state index contributed by atoms with van der Waals surface area (Å²) in [4.78, 5) is 14.2. The zero-order valence-corrected chi connectivity index (χ0v) is 13.2. The number of carbonyl (C=O) groups is 1. The van der Waals surface area contributed by atoms with Crippen molar-refractivity contribution in [2.75, 3.05) is 12.9 Å². The summed E-state index contributed by atoms with van der Waals surface area (Å²) in [5, 5.41) is 14.9. The van der Waals surface area contributed by atoms with E-state index in [2.05, 4.69) is 23.6 Å². The number of aliphatic hydroxyl groups is 1. The van der Waals surface area contributed by atoms with Crippen LogP contribution in [0.2, 0.25) is 0 Å². The number of urea groups is 1. The maximum Gasteiger partial charge on any atom is 0.315 e. The van der Waals surface area contributed by atoms with E-state index < -0.39 is 0 Å². The molecule has 1 heterocycles.